The molecule has 3 rings (SSSR count). The van der Waals surface area contributed by atoms with Crippen LogP contribution < -0.4 is 15.4 Å². The van der Waals surface area contributed by atoms with Gasteiger partial charge in [-0.3, -0.25) is 10.1 Å². The fourth-order valence-electron chi connectivity index (χ4n) is 2.31. The minimum absolute atomic E-state index is 0.0123. The molecule has 2 aromatic rings. The number of carbonyl (C=O) groups is 2. The Morgan fingerprint density at radius 2 is 1.91 bits per heavy atom. The first-order chi connectivity index (χ1) is 10.6. The lowest BCUT2D eigenvalue weighted by Gasteiger charge is -2.17. The summed E-state index contributed by atoms with van der Waals surface area (Å²) in [5.41, 5.74) is 3.55. The van der Waals surface area contributed by atoms with Crippen molar-refractivity contribution in [1.82, 2.24) is 0 Å². The highest BCUT2D eigenvalue weighted by atomic mass is 16.6. The highest BCUT2D eigenvalue weighted by Crippen LogP contribution is 2.27. The van der Waals surface area contributed by atoms with E-state index >= 15 is 0 Å². The van der Waals surface area contributed by atoms with Crippen LogP contribution in [0, 0.1) is 6.92 Å². The predicted octanol–water partition coefficient (Wildman–Crippen LogP) is 3.49. The van der Waals surface area contributed by atoms with E-state index in [1.807, 2.05) is 31.2 Å². The second-order valence-electron chi connectivity index (χ2n) is 5.25. The van der Waals surface area contributed by atoms with Crippen molar-refractivity contribution in [2.24, 2.45) is 0 Å². The summed E-state index contributed by atoms with van der Waals surface area (Å²) in [7, 11) is 0. The van der Waals surface area contributed by atoms with Crippen LogP contribution in [0.4, 0.5) is 16.2 Å². The molecule has 0 spiro atoms. The highest BCUT2D eigenvalue weighted by Gasteiger charge is 2.16. The zero-order valence-electron chi connectivity index (χ0n) is 12.2. The zero-order valence-corrected chi connectivity index (χ0v) is 12.2. The number of benzene rings is 2. The number of hydrogen-bond donors (Lipinski definition) is 2. The molecular formula is C17H16N2O3. The van der Waals surface area contributed by atoms with Crippen LogP contribution in [0.1, 0.15) is 17.5 Å². The minimum Gasteiger partial charge on any atom is -0.410 e. The van der Waals surface area contributed by atoms with E-state index < -0.39 is 6.09 Å². The first-order valence-electron chi connectivity index (χ1n) is 7.08. The average Bonchev–Trinajstić information content (AvgIpc) is 2.50. The Morgan fingerprint density at radius 3 is 2.68 bits per heavy atom. The lowest BCUT2D eigenvalue weighted by Crippen LogP contribution is -2.20. The Labute approximate surface area is 128 Å². The molecule has 0 radical (unpaired) electrons. The van der Waals surface area contributed by atoms with Gasteiger partial charge in [-0.15, -0.1) is 0 Å². The standard InChI is InChI=1S/C17H16N2O3/c1-11-2-5-13(6-3-11)18-17(21)22-14-7-8-15-12(10-14)4-9-16(20)19-15/h2-3,5-8,10H,4,9H2,1H3,(H,18,21)(H,19,20). The highest BCUT2D eigenvalue weighted by molar-refractivity contribution is 5.94. The number of anilines is 2. The summed E-state index contributed by atoms with van der Waals surface area (Å²) in [5.74, 6) is 0.470. The van der Waals surface area contributed by atoms with Gasteiger partial charge in [0.2, 0.25) is 5.91 Å². The van der Waals surface area contributed by atoms with Crippen LogP contribution in [-0.2, 0) is 11.2 Å². The predicted molar refractivity (Wildman–Crippen MR) is 84.2 cm³/mol. The summed E-state index contributed by atoms with van der Waals surface area (Å²) in [6, 6.07) is 12.7. The van der Waals surface area contributed by atoms with Crippen LogP contribution in [0.5, 0.6) is 5.75 Å². The molecule has 0 atom stereocenters. The Balaban J connectivity index is 1.66. The Hall–Kier alpha value is -2.82. The van der Waals surface area contributed by atoms with Gasteiger partial charge in [-0.25, -0.2) is 4.79 Å². The summed E-state index contributed by atoms with van der Waals surface area (Å²) in [6.45, 7) is 1.98. The average molecular weight is 296 g/mol. The van der Waals surface area contributed by atoms with Gasteiger partial charge in [0, 0.05) is 17.8 Å². The summed E-state index contributed by atoms with van der Waals surface area (Å²) >= 11 is 0. The van der Waals surface area contributed by atoms with Crippen molar-refractivity contribution in [3.8, 4) is 5.75 Å². The van der Waals surface area contributed by atoms with Crippen molar-refractivity contribution < 1.29 is 14.3 Å². The topological polar surface area (TPSA) is 67.4 Å². The molecule has 1 aliphatic rings. The lowest BCUT2D eigenvalue weighted by molar-refractivity contribution is -0.116. The van der Waals surface area contributed by atoms with E-state index in [-0.39, 0.29) is 5.91 Å². The Kier molecular flexibility index (Phi) is 3.78. The number of fused-ring (bicyclic) bond motifs is 1. The summed E-state index contributed by atoms with van der Waals surface area (Å²) < 4.78 is 5.28. The minimum atomic E-state index is -0.538. The molecule has 0 unspecified atom stereocenters. The van der Waals surface area contributed by atoms with E-state index in [4.69, 9.17) is 4.74 Å². The van der Waals surface area contributed by atoms with Crippen LogP contribution in [0.3, 0.4) is 0 Å². The van der Waals surface area contributed by atoms with Gasteiger partial charge in [0.15, 0.2) is 0 Å². The van der Waals surface area contributed by atoms with E-state index in [0.29, 0.717) is 24.3 Å². The number of carbonyl (C=O) groups excluding carboxylic acids is 2. The number of amides is 2. The van der Waals surface area contributed by atoms with E-state index in [0.717, 1.165) is 16.8 Å². The maximum absolute atomic E-state index is 11.9. The molecule has 2 aromatic carbocycles. The molecule has 22 heavy (non-hydrogen) atoms. The van der Waals surface area contributed by atoms with Gasteiger partial charge in [-0.2, -0.15) is 0 Å². The second kappa shape index (κ2) is 5.89. The SMILES string of the molecule is Cc1ccc(NC(=O)Oc2ccc3c(c2)CCC(=O)N3)cc1. The lowest BCUT2D eigenvalue weighted by atomic mass is 10.0. The van der Waals surface area contributed by atoms with Gasteiger partial charge in [0.1, 0.15) is 5.75 Å². The van der Waals surface area contributed by atoms with Crippen LogP contribution in [-0.4, -0.2) is 12.0 Å². The molecule has 1 heterocycles. The molecule has 0 aliphatic carbocycles. The number of nitrogens with one attached hydrogen (secondary N) is 2. The number of aryl methyl sites for hydroxylation is 2. The van der Waals surface area contributed by atoms with Crippen molar-refractivity contribution >= 4 is 23.4 Å². The second-order valence-corrected chi connectivity index (χ2v) is 5.25. The largest absolute Gasteiger partial charge is 0.417 e. The molecule has 2 amide bonds. The van der Waals surface area contributed by atoms with Crippen molar-refractivity contribution in [3.63, 3.8) is 0 Å². The van der Waals surface area contributed by atoms with Crippen molar-refractivity contribution in [1.29, 1.82) is 0 Å². The van der Waals surface area contributed by atoms with Crippen molar-refractivity contribution in [3.05, 3.63) is 53.6 Å². The van der Waals surface area contributed by atoms with Crippen LogP contribution in [0.25, 0.3) is 0 Å². The molecule has 0 bridgehead atoms. The maximum atomic E-state index is 11.9. The van der Waals surface area contributed by atoms with Crippen LogP contribution in [0.2, 0.25) is 0 Å². The number of hydrogen-bond acceptors (Lipinski definition) is 3. The normalized spacial score (nSPS) is 13.0. The van der Waals surface area contributed by atoms with Crippen LogP contribution in [0.15, 0.2) is 42.5 Å². The van der Waals surface area contributed by atoms with Gasteiger partial charge in [-0.1, -0.05) is 17.7 Å². The van der Waals surface area contributed by atoms with Gasteiger partial charge < -0.3 is 10.1 Å². The van der Waals surface area contributed by atoms with Gasteiger partial charge in [-0.05, 0) is 49.2 Å². The van der Waals surface area contributed by atoms with Crippen molar-refractivity contribution in [2.75, 3.05) is 10.6 Å². The van der Waals surface area contributed by atoms with E-state index in [9.17, 15) is 9.59 Å². The zero-order chi connectivity index (χ0) is 15.5. The summed E-state index contributed by atoms with van der Waals surface area (Å²) in [6.07, 6.45) is 0.563. The Bertz CT molecular complexity index is 723. The van der Waals surface area contributed by atoms with E-state index in [1.165, 1.54) is 0 Å². The molecule has 0 fully saturated rings. The monoisotopic (exact) mass is 296 g/mol. The Morgan fingerprint density at radius 1 is 1.14 bits per heavy atom. The number of ether oxygens (including phenoxy) is 1. The molecule has 0 aromatic heterocycles. The van der Waals surface area contributed by atoms with Crippen molar-refractivity contribution in [2.45, 2.75) is 19.8 Å². The van der Waals surface area contributed by atoms with E-state index in [2.05, 4.69) is 10.6 Å². The molecule has 0 saturated heterocycles. The fourth-order valence-corrected chi connectivity index (χ4v) is 2.31. The molecule has 112 valence electrons. The van der Waals surface area contributed by atoms with Gasteiger partial charge in [0.25, 0.3) is 0 Å². The van der Waals surface area contributed by atoms with Gasteiger partial charge in [0.05, 0.1) is 0 Å². The molecule has 2 N–H and O–H groups in total. The smallest absolute Gasteiger partial charge is 0.410 e. The maximum Gasteiger partial charge on any atom is 0.417 e. The molecular weight excluding hydrogens is 280 g/mol. The number of rotatable bonds is 2. The third kappa shape index (κ3) is 3.25. The molecule has 1 aliphatic heterocycles. The third-order valence-corrected chi connectivity index (χ3v) is 3.48. The molecule has 5 heteroatoms. The van der Waals surface area contributed by atoms with Crippen LogP contribution >= 0.6 is 0 Å². The summed E-state index contributed by atoms with van der Waals surface area (Å²) in [4.78, 5) is 23.2. The third-order valence-electron chi connectivity index (χ3n) is 3.48. The quantitative estimate of drug-likeness (QED) is 0.891. The fraction of sp³-hybridized carbons (Fsp3) is 0.176. The van der Waals surface area contributed by atoms with Gasteiger partial charge >= 0.3 is 6.09 Å². The molecule has 0 saturated carbocycles. The first-order valence-corrected chi connectivity index (χ1v) is 7.08. The van der Waals surface area contributed by atoms with E-state index in [1.54, 1.807) is 18.2 Å². The molecule has 5 nitrogen and oxygen atoms in total. The summed E-state index contributed by atoms with van der Waals surface area (Å²) in [5, 5.41) is 5.46. The first kappa shape index (κ1) is 14.1.